The Balaban J connectivity index is 2.73. The molecule has 1 aromatic rings. The zero-order chi connectivity index (χ0) is 15.0. The van der Waals surface area contributed by atoms with Gasteiger partial charge in [0.1, 0.15) is 6.04 Å². The third-order valence-corrected chi connectivity index (χ3v) is 3.48. The predicted octanol–water partition coefficient (Wildman–Crippen LogP) is 2.43. The van der Waals surface area contributed by atoms with E-state index in [1.807, 2.05) is 43.5 Å². The zero-order valence-corrected chi connectivity index (χ0v) is 12.5. The van der Waals surface area contributed by atoms with Gasteiger partial charge in [-0.05, 0) is 37.5 Å². The molecular weight excluding hydrogens is 276 g/mol. The van der Waals surface area contributed by atoms with Crippen molar-refractivity contribution >= 4 is 29.4 Å². The van der Waals surface area contributed by atoms with Gasteiger partial charge in [0.15, 0.2) is 0 Å². The number of carboxylic acid groups (broad SMARTS) is 1. The van der Waals surface area contributed by atoms with Crippen molar-refractivity contribution in [2.24, 2.45) is 0 Å². The van der Waals surface area contributed by atoms with Gasteiger partial charge in [-0.1, -0.05) is 18.2 Å². The van der Waals surface area contributed by atoms with E-state index in [-0.39, 0.29) is 6.03 Å². The number of carbonyl (C=O) groups excluding carboxylic acids is 1. The van der Waals surface area contributed by atoms with Gasteiger partial charge in [-0.2, -0.15) is 11.8 Å². The number of amides is 2. The molecule has 2 amide bonds. The van der Waals surface area contributed by atoms with Crippen LogP contribution in [-0.4, -0.2) is 41.7 Å². The van der Waals surface area contributed by atoms with Gasteiger partial charge in [0, 0.05) is 12.2 Å². The number of para-hydroxylation sites is 1. The number of benzene rings is 1. The highest BCUT2D eigenvalue weighted by molar-refractivity contribution is 7.98. The van der Waals surface area contributed by atoms with Gasteiger partial charge >= 0.3 is 12.0 Å². The van der Waals surface area contributed by atoms with Crippen LogP contribution in [0.15, 0.2) is 30.3 Å². The number of nitrogens with one attached hydrogen (secondary N) is 1. The molecule has 1 unspecified atom stereocenters. The molecule has 0 fully saturated rings. The summed E-state index contributed by atoms with van der Waals surface area (Å²) in [5.41, 5.74) is 0.751. The van der Waals surface area contributed by atoms with Crippen molar-refractivity contribution in [2.75, 3.05) is 23.5 Å². The first-order valence-corrected chi connectivity index (χ1v) is 7.84. The van der Waals surface area contributed by atoms with Gasteiger partial charge < -0.3 is 10.4 Å². The molecule has 110 valence electrons. The molecule has 1 aromatic carbocycles. The summed E-state index contributed by atoms with van der Waals surface area (Å²) in [6.07, 6.45) is 2.32. The minimum absolute atomic E-state index is 0.382. The summed E-state index contributed by atoms with van der Waals surface area (Å²) in [7, 11) is 0. The van der Waals surface area contributed by atoms with E-state index >= 15 is 0 Å². The van der Waals surface area contributed by atoms with Crippen LogP contribution in [0.1, 0.15) is 13.3 Å². The van der Waals surface area contributed by atoms with E-state index in [2.05, 4.69) is 5.32 Å². The van der Waals surface area contributed by atoms with Crippen molar-refractivity contribution in [3.8, 4) is 0 Å². The lowest BCUT2D eigenvalue weighted by Crippen LogP contribution is -2.48. The van der Waals surface area contributed by atoms with Crippen molar-refractivity contribution in [3.05, 3.63) is 30.3 Å². The summed E-state index contributed by atoms with van der Waals surface area (Å²) in [6, 6.07) is 7.95. The quantitative estimate of drug-likeness (QED) is 0.811. The lowest BCUT2D eigenvalue weighted by molar-refractivity contribution is -0.139. The molecule has 0 heterocycles. The van der Waals surface area contributed by atoms with Crippen LogP contribution in [0.4, 0.5) is 10.5 Å². The molecule has 0 saturated heterocycles. The molecule has 0 aliphatic carbocycles. The fourth-order valence-corrected chi connectivity index (χ4v) is 2.24. The number of urea groups is 1. The minimum Gasteiger partial charge on any atom is -0.480 e. The van der Waals surface area contributed by atoms with Gasteiger partial charge in [-0.15, -0.1) is 0 Å². The van der Waals surface area contributed by atoms with Crippen molar-refractivity contribution in [3.63, 3.8) is 0 Å². The van der Waals surface area contributed by atoms with Crippen LogP contribution in [-0.2, 0) is 4.79 Å². The van der Waals surface area contributed by atoms with E-state index < -0.39 is 12.0 Å². The van der Waals surface area contributed by atoms with Crippen LogP contribution >= 0.6 is 11.8 Å². The first-order valence-electron chi connectivity index (χ1n) is 6.45. The minimum atomic E-state index is -1.00. The molecule has 0 aliphatic rings. The smallest absolute Gasteiger partial charge is 0.326 e. The highest BCUT2D eigenvalue weighted by atomic mass is 32.2. The SMILES string of the molecule is CCN(C(=O)NC(CCSC)C(=O)O)c1ccccc1. The standard InChI is InChI=1S/C14H20N2O3S/c1-3-16(11-7-5-4-6-8-11)14(19)15-12(13(17)18)9-10-20-2/h4-8,12H,3,9-10H2,1-2H3,(H,15,19)(H,17,18). The van der Waals surface area contributed by atoms with Gasteiger partial charge in [0.2, 0.25) is 0 Å². The Bertz CT molecular complexity index is 439. The number of anilines is 1. The first-order chi connectivity index (χ1) is 9.60. The Labute approximate surface area is 123 Å². The van der Waals surface area contributed by atoms with E-state index in [0.29, 0.717) is 18.7 Å². The van der Waals surface area contributed by atoms with E-state index in [0.717, 1.165) is 5.69 Å². The van der Waals surface area contributed by atoms with Gasteiger partial charge in [0.05, 0.1) is 0 Å². The van der Waals surface area contributed by atoms with Crippen LogP contribution in [0.3, 0.4) is 0 Å². The largest absolute Gasteiger partial charge is 0.480 e. The normalized spacial score (nSPS) is 11.7. The highest BCUT2D eigenvalue weighted by Crippen LogP contribution is 2.13. The summed E-state index contributed by atoms with van der Waals surface area (Å²) >= 11 is 1.56. The fraction of sp³-hybridized carbons (Fsp3) is 0.429. The summed E-state index contributed by atoms with van der Waals surface area (Å²) in [6.45, 7) is 2.33. The Hall–Kier alpha value is -1.69. The van der Waals surface area contributed by atoms with E-state index in [9.17, 15) is 9.59 Å². The van der Waals surface area contributed by atoms with Crippen molar-refractivity contribution in [1.82, 2.24) is 5.32 Å². The lowest BCUT2D eigenvalue weighted by atomic mass is 10.2. The van der Waals surface area contributed by atoms with Crippen LogP contribution < -0.4 is 10.2 Å². The Kier molecular flexibility index (Phi) is 6.93. The lowest BCUT2D eigenvalue weighted by Gasteiger charge is -2.24. The summed E-state index contributed by atoms with van der Waals surface area (Å²) in [4.78, 5) is 24.9. The number of thioether (sulfide) groups is 1. The van der Waals surface area contributed by atoms with Gasteiger partial charge in [-0.25, -0.2) is 9.59 Å². The molecule has 0 saturated carbocycles. The molecule has 1 rings (SSSR count). The number of hydrogen-bond acceptors (Lipinski definition) is 3. The van der Waals surface area contributed by atoms with Crippen molar-refractivity contribution in [2.45, 2.75) is 19.4 Å². The predicted molar refractivity (Wildman–Crippen MR) is 82.4 cm³/mol. The van der Waals surface area contributed by atoms with Crippen LogP contribution in [0.2, 0.25) is 0 Å². The summed E-state index contributed by atoms with van der Waals surface area (Å²) in [5, 5.41) is 11.7. The Morgan fingerprint density at radius 1 is 1.35 bits per heavy atom. The third-order valence-electron chi connectivity index (χ3n) is 2.84. The molecule has 5 nitrogen and oxygen atoms in total. The van der Waals surface area contributed by atoms with Crippen molar-refractivity contribution in [1.29, 1.82) is 0 Å². The number of carboxylic acids is 1. The van der Waals surface area contributed by atoms with Gasteiger partial charge in [0.25, 0.3) is 0 Å². The molecule has 0 spiro atoms. The van der Waals surface area contributed by atoms with Crippen LogP contribution in [0.25, 0.3) is 0 Å². The Morgan fingerprint density at radius 3 is 2.50 bits per heavy atom. The molecule has 6 heteroatoms. The van der Waals surface area contributed by atoms with Crippen LogP contribution in [0, 0.1) is 0 Å². The first kappa shape index (κ1) is 16.4. The van der Waals surface area contributed by atoms with E-state index in [1.165, 1.54) is 4.90 Å². The fourth-order valence-electron chi connectivity index (χ4n) is 1.77. The average molecular weight is 296 g/mol. The topological polar surface area (TPSA) is 69.6 Å². The average Bonchev–Trinajstić information content (AvgIpc) is 2.45. The molecule has 20 heavy (non-hydrogen) atoms. The van der Waals surface area contributed by atoms with E-state index in [4.69, 9.17) is 5.11 Å². The number of nitrogens with zero attached hydrogens (tertiary/aromatic N) is 1. The molecule has 0 aliphatic heterocycles. The van der Waals surface area contributed by atoms with Gasteiger partial charge in [-0.3, -0.25) is 4.90 Å². The highest BCUT2D eigenvalue weighted by Gasteiger charge is 2.22. The Morgan fingerprint density at radius 2 is 2.00 bits per heavy atom. The maximum atomic E-state index is 12.2. The maximum Gasteiger partial charge on any atom is 0.326 e. The van der Waals surface area contributed by atoms with E-state index in [1.54, 1.807) is 11.8 Å². The second kappa shape index (κ2) is 8.47. The molecule has 2 N–H and O–H groups in total. The zero-order valence-electron chi connectivity index (χ0n) is 11.7. The molecule has 0 bridgehead atoms. The third kappa shape index (κ3) is 4.77. The second-order valence-corrected chi connectivity index (χ2v) is 5.19. The summed E-state index contributed by atoms with van der Waals surface area (Å²) < 4.78 is 0. The molecule has 1 atom stereocenters. The van der Waals surface area contributed by atoms with Crippen molar-refractivity contribution < 1.29 is 14.7 Å². The molecular formula is C14H20N2O3S. The maximum absolute atomic E-state index is 12.2. The summed E-state index contributed by atoms with van der Waals surface area (Å²) in [5.74, 6) is -0.314. The van der Waals surface area contributed by atoms with Crippen LogP contribution in [0.5, 0.6) is 0 Å². The molecule has 0 aromatic heterocycles. The molecule has 0 radical (unpaired) electrons. The number of aliphatic carboxylic acids is 1. The number of carbonyl (C=O) groups is 2. The number of rotatable bonds is 7. The number of hydrogen-bond donors (Lipinski definition) is 2. The monoisotopic (exact) mass is 296 g/mol. The second-order valence-electron chi connectivity index (χ2n) is 4.20.